The molecule has 0 unspecified atom stereocenters. The second-order valence-corrected chi connectivity index (χ2v) is 5.75. The van der Waals surface area contributed by atoms with Crippen LogP contribution in [-0.2, 0) is 13.2 Å². The molecule has 21 heavy (non-hydrogen) atoms. The summed E-state index contributed by atoms with van der Waals surface area (Å²) in [6.07, 6.45) is 0. The summed E-state index contributed by atoms with van der Waals surface area (Å²) in [5.41, 5.74) is 7.90. The van der Waals surface area contributed by atoms with Crippen molar-refractivity contribution >= 4 is 26.7 Å². The van der Waals surface area contributed by atoms with E-state index in [-0.39, 0.29) is 0 Å². The van der Waals surface area contributed by atoms with Crippen LogP contribution in [0.25, 0.3) is 10.8 Å². The van der Waals surface area contributed by atoms with E-state index in [1.54, 1.807) is 0 Å². The van der Waals surface area contributed by atoms with Crippen molar-refractivity contribution in [2.75, 3.05) is 0 Å². The topological polar surface area (TPSA) is 35.2 Å². The lowest BCUT2D eigenvalue weighted by atomic mass is 10.1. The van der Waals surface area contributed by atoms with Crippen molar-refractivity contribution in [3.05, 3.63) is 76.3 Å². The van der Waals surface area contributed by atoms with Crippen molar-refractivity contribution in [2.24, 2.45) is 5.73 Å². The van der Waals surface area contributed by atoms with Crippen molar-refractivity contribution in [2.45, 2.75) is 13.2 Å². The SMILES string of the molecule is NCc1ccc(OCc2cccc3ccccc23)c(Br)c1. The smallest absolute Gasteiger partial charge is 0.134 e. The van der Waals surface area contributed by atoms with Gasteiger partial charge in [-0.3, -0.25) is 0 Å². The van der Waals surface area contributed by atoms with E-state index < -0.39 is 0 Å². The highest BCUT2D eigenvalue weighted by Crippen LogP contribution is 2.27. The highest BCUT2D eigenvalue weighted by atomic mass is 79.9. The monoisotopic (exact) mass is 341 g/mol. The lowest BCUT2D eigenvalue weighted by Gasteiger charge is -2.11. The molecule has 2 nitrogen and oxygen atoms in total. The number of hydrogen-bond acceptors (Lipinski definition) is 2. The Hall–Kier alpha value is -1.84. The molecule has 0 heterocycles. The Balaban J connectivity index is 1.84. The quantitative estimate of drug-likeness (QED) is 0.750. The van der Waals surface area contributed by atoms with Gasteiger partial charge in [-0.05, 0) is 50.0 Å². The highest BCUT2D eigenvalue weighted by molar-refractivity contribution is 9.10. The number of hydrogen-bond donors (Lipinski definition) is 1. The van der Waals surface area contributed by atoms with E-state index in [0.717, 1.165) is 15.8 Å². The van der Waals surface area contributed by atoms with E-state index in [0.29, 0.717) is 13.2 Å². The molecular formula is C18H16BrNO. The largest absolute Gasteiger partial charge is 0.488 e. The van der Waals surface area contributed by atoms with Gasteiger partial charge in [-0.1, -0.05) is 48.5 Å². The Morgan fingerprint density at radius 3 is 2.57 bits per heavy atom. The average molecular weight is 342 g/mol. The molecule has 0 aliphatic carbocycles. The number of benzene rings is 3. The zero-order valence-electron chi connectivity index (χ0n) is 11.6. The van der Waals surface area contributed by atoms with Gasteiger partial charge in [0.2, 0.25) is 0 Å². The number of fused-ring (bicyclic) bond motifs is 1. The first-order chi connectivity index (χ1) is 10.3. The number of rotatable bonds is 4. The van der Waals surface area contributed by atoms with E-state index in [9.17, 15) is 0 Å². The van der Waals surface area contributed by atoms with Gasteiger partial charge in [0.05, 0.1) is 4.47 Å². The highest BCUT2D eigenvalue weighted by Gasteiger charge is 2.05. The van der Waals surface area contributed by atoms with E-state index in [2.05, 4.69) is 58.4 Å². The molecular weight excluding hydrogens is 326 g/mol. The summed E-state index contributed by atoms with van der Waals surface area (Å²) in [5, 5.41) is 2.46. The third-order valence-corrected chi connectivity index (χ3v) is 4.11. The molecule has 3 aromatic rings. The van der Waals surface area contributed by atoms with E-state index >= 15 is 0 Å². The first-order valence-corrected chi connectivity index (χ1v) is 7.65. The van der Waals surface area contributed by atoms with Gasteiger partial charge < -0.3 is 10.5 Å². The van der Waals surface area contributed by atoms with Crippen LogP contribution in [0.2, 0.25) is 0 Å². The standard InChI is InChI=1S/C18H16BrNO/c19-17-10-13(11-20)8-9-18(17)21-12-15-6-3-5-14-4-1-2-7-16(14)15/h1-10H,11-12,20H2. The average Bonchev–Trinajstić information content (AvgIpc) is 2.53. The molecule has 3 rings (SSSR count). The summed E-state index contributed by atoms with van der Waals surface area (Å²) in [5.74, 6) is 0.833. The van der Waals surface area contributed by atoms with Crippen LogP contribution < -0.4 is 10.5 Å². The molecule has 0 aromatic heterocycles. The molecule has 0 saturated heterocycles. The van der Waals surface area contributed by atoms with Gasteiger partial charge in [0.25, 0.3) is 0 Å². The summed E-state index contributed by atoms with van der Waals surface area (Å²) in [4.78, 5) is 0. The Morgan fingerprint density at radius 2 is 1.76 bits per heavy atom. The fraction of sp³-hybridized carbons (Fsp3) is 0.111. The van der Waals surface area contributed by atoms with Crippen LogP contribution in [0.3, 0.4) is 0 Å². The van der Waals surface area contributed by atoms with Gasteiger partial charge in [0.15, 0.2) is 0 Å². The Kier molecular flexibility index (Phi) is 4.23. The fourth-order valence-corrected chi connectivity index (χ4v) is 2.90. The number of ether oxygens (including phenoxy) is 1. The molecule has 0 spiro atoms. The second-order valence-electron chi connectivity index (χ2n) is 4.90. The van der Waals surface area contributed by atoms with Crippen LogP contribution in [0.1, 0.15) is 11.1 Å². The van der Waals surface area contributed by atoms with Crippen LogP contribution in [0.15, 0.2) is 65.1 Å². The summed E-state index contributed by atoms with van der Waals surface area (Å²) in [6.45, 7) is 1.07. The van der Waals surface area contributed by atoms with Crippen LogP contribution in [0.5, 0.6) is 5.75 Å². The third-order valence-electron chi connectivity index (χ3n) is 3.50. The minimum absolute atomic E-state index is 0.530. The Morgan fingerprint density at radius 1 is 0.952 bits per heavy atom. The van der Waals surface area contributed by atoms with Crippen LogP contribution >= 0.6 is 15.9 Å². The maximum absolute atomic E-state index is 5.94. The Bertz CT molecular complexity index is 765. The molecule has 0 amide bonds. The maximum Gasteiger partial charge on any atom is 0.134 e. The number of halogens is 1. The molecule has 2 N–H and O–H groups in total. The second kappa shape index (κ2) is 6.29. The van der Waals surface area contributed by atoms with Gasteiger partial charge in [-0.2, -0.15) is 0 Å². The van der Waals surface area contributed by atoms with Gasteiger partial charge in [0.1, 0.15) is 12.4 Å². The molecule has 3 heteroatoms. The minimum Gasteiger partial charge on any atom is -0.488 e. The van der Waals surface area contributed by atoms with E-state index in [4.69, 9.17) is 10.5 Å². The van der Waals surface area contributed by atoms with Crippen LogP contribution in [0.4, 0.5) is 0 Å². The van der Waals surface area contributed by atoms with Gasteiger partial charge in [-0.15, -0.1) is 0 Å². The first-order valence-electron chi connectivity index (χ1n) is 6.86. The zero-order valence-corrected chi connectivity index (χ0v) is 13.1. The van der Waals surface area contributed by atoms with Crippen molar-refractivity contribution in [3.63, 3.8) is 0 Å². The van der Waals surface area contributed by atoms with E-state index in [1.807, 2.05) is 18.2 Å². The molecule has 0 atom stereocenters. The molecule has 106 valence electrons. The maximum atomic E-state index is 5.94. The third kappa shape index (κ3) is 3.09. The lowest BCUT2D eigenvalue weighted by Crippen LogP contribution is -1.99. The van der Waals surface area contributed by atoms with Crippen molar-refractivity contribution < 1.29 is 4.74 Å². The molecule has 0 radical (unpaired) electrons. The summed E-state index contributed by atoms with van der Waals surface area (Å²) < 4.78 is 6.88. The van der Waals surface area contributed by atoms with Crippen LogP contribution in [0, 0.1) is 0 Å². The van der Waals surface area contributed by atoms with Crippen molar-refractivity contribution in [1.29, 1.82) is 0 Å². The number of nitrogens with two attached hydrogens (primary N) is 1. The predicted octanol–water partition coefficient (Wildman–Crippen LogP) is 4.64. The fourth-order valence-electron chi connectivity index (χ4n) is 2.36. The summed E-state index contributed by atoms with van der Waals surface area (Å²) in [7, 11) is 0. The molecule has 0 fully saturated rings. The molecule has 0 bridgehead atoms. The summed E-state index contributed by atoms with van der Waals surface area (Å²) in [6, 6.07) is 20.6. The van der Waals surface area contributed by atoms with Gasteiger partial charge in [0, 0.05) is 6.54 Å². The van der Waals surface area contributed by atoms with Gasteiger partial charge >= 0.3 is 0 Å². The molecule has 0 aliphatic heterocycles. The lowest BCUT2D eigenvalue weighted by molar-refractivity contribution is 0.305. The van der Waals surface area contributed by atoms with Crippen molar-refractivity contribution in [3.8, 4) is 5.75 Å². The van der Waals surface area contributed by atoms with Gasteiger partial charge in [-0.25, -0.2) is 0 Å². The van der Waals surface area contributed by atoms with E-state index in [1.165, 1.54) is 16.3 Å². The zero-order chi connectivity index (χ0) is 14.7. The molecule has 3 aromatic carbocycles. The first kappa shape index (κ1) is 14.1. The summed E-state index contributed by atoms with van der Waals surface area (Å²) >= 11 is 3.53. The normalized spacial score (nSPS) is 10.8. The predicted molar refractivity (Wildman–Crippen MR) is 90.3 cm³/mol. The minimum atomic E-state index is 0.530. The van der Waals surface area contributed by atoms with Crippen LogP contribution in [-0.4, -0.2) is 0 Å². The molecule has 0 aliphatic rings. The van der Waals surface area contributed by atoms with Crippen molar-refractivity contribution in [1.82, 2.24) is 0 Å². The Labute approximate surface area is 132 Å². The molecule has 0 saturated carbocycles.